The van der Waals surface area contributed by atoms with E-state index in [0.717, 1.165) is 4.47 Å². The molecule has 1 unspecified atom stereocenters. The largest absolute Gasteiger partial charge is 0.484 e. The zero-order valence-corrected chi connectivity index (χ0v) is 18.4. The molecule has 156 valence electrons. The minimum Gasteiger partial charge on any atom is -0.484 e. The highest BCUT2D eigenvalue weighted by molar-refractivity contribution is 9.10. The molecule has 2 amide bonds. The number of rotatable bonds is 9. The van der Waals surface area contributed by atoms with Crippen molar-refractivity contribution in [2.75, 3.05) is 13.2 Å². The van der Waals surface area contributed by atoms with E-state index < -0.39 is 17.8 Å². The summed E-state index contributed by atoms with van der Waals surface area (Å²) in [6.07, 6.45) is 0. The molecule has 5 nitrogen and oxygen atoms in total. The Hall–Kier alpha value is -2.41. The minimum absolute atomic E-state index is 0.0224. The van der Waals surface area contributed by atoms with Crippen LogP contribution in [0.15, 0.2) is 53.0 Å². The van der Waals surface area contributed by atoms with Gasteiger partial charge in [-0.05, 0) is 43.2 Å². The zero-order chi connectivity index (χ0) is 21.4. The van der Waals surface area contributed by atoms with Gasteiger partial charge in [0.25, 0.3) is 5.91 Å². The number of hydrogen-bond donors (Lipinski definition) is 1. The van der Waals surface area contributed by atoms with E-state index in [9.17, 15) is 14.0 Å². The van der Waals surface area contributed by atoms with E-state index >= 15 is 0 Å². The highest BCUT2D eigenvalue weighted by atomic mass is 79.9. The van der Waals surface area contributed by atoms with Gasteiger partial charge < -0.3 is 15.0 Å². The zero-order valence-electron chi connectivity index (χ0n) is 16.8. The number of carbonyl (C=O) groups excluding carboxylic acids is 2. The fourth-order valence-corrected chi connectivity index (χ4v) is 2.87. The van der Waals surface area contributed by atoms with Gasteiger partial charge in [0.2, 0.25) is 5.91 Å². The first kappa shape index (κ1) is 22.9. The van der Waals surface area contributed by atoms with Crippen LogP contribution >= 0.6 is 15.9 Å². The summed E-state index contributed by atoms with van der Waals surface area (Å²) in [5.41, 5.74) is 0.341. The van der Waals surface area contributed by atoms with Crippen LogP contribution in [0, 0.1) is 11.7 Å². The second kappa shape index (κ2) is 11.0. The van der Waals surface area contributed by atoms with E-state index in [1.54, 1.807) is 49.4 Å². The summed E-state index contributed by atoms with van der Waals surface area (Å²) in [6.45, 7) is 5.83. The van der Waals surface area contributed by atoms with Gasteiger partial charge in [-0.15, -0.1) is 0 Å². The molecule has 0 bridgehead atoms. The molecule has 0 aromatic heterocycles. The molecule has 1 atom stereocenters. The standard InChI is InChI=1S/C22H26BrFN2O3/c1-15(2)12-25-22(28)16(3)26(13-17-6-4-5-7-20(17)24)21(27)14-29-19-10-8-18(23)9-11-19/h4-11,15-16H,12-14H2,1-3H3,(H,25,28). The molecule has 7 heteroatoms. The van der Waals surface area contributed by atoms with Crippen LogP contribution in [0.3, 0.4) is 0 Å². The number of amides is 2. The average molecular weight is 465 g/mol. The second-order valence-electron chi connectivity index (χ2n) is 7.17. The van der Waals surface area contributed by atoms with Gasteiger partial charge in [0, 0.05) is 23.1 Å². The lowest BCUT2D eigenvalue weighted by atomic mass is 10.1. The van der Waals surface area contributed by atoms with Crippen molar-refractivity contribution in [2.24, 2.45) is 5.92 Å². The van der Waals surface area contributed by atoms with Crippen LogP contribution in [-0.2, 0) is 16.1 Å². The SMILES string of the molecule is CC(C)CNC(=O)C(C)N(Cc1ccccc1F)C(=O)COc1ccc(Br)cc1. The van der Waals surface area contributed by atoms with Crippen molar-refractivity contribution < 1.29 is 18.7 Å². The van der Waals surface area contributed by atoms with Crippen LogP contribution in [0.4, 0.5) is 4.39 Å². The topological polar surface area (TPSA) is 58.6 Å². The Labute approximate surface area is 179 Å². The molecule has 0 spiro atoms. The van der Waals surface area contributed by atoms with Crippen molar-refractivity contribution in [3.8, 4) is 5.75 Å². The van der Waals surface area contributed by atoms with Crippen LogP contribution < -0.4 is 10.1 Å². The molecular formula is C22H26BrFN2O3. The predicted molar refractivity (Wildman–Crippen MR) is 114 cm³/mol. The van der Waals surface area contributed by atoms with Crippen LogP contribution in [0.25, 0.3) is 0 Å². The van der Waals surface area contributed by atoms with Crippen LogP contribution in [0.1, 0.15) is 26.3 Å². The molecule has 0 aliphatic rings. The number of ether oxygens (including phenoxy) is 1. The quantitative estimate of drug-likeness (QED) is 0.605. The van der Waals surface area contributed by atoms with Gasteiger partial charge >= 0.3 is 0 Å². The number of nitrogens with one attached hydrogen (secondary N) is 1. The van der Waals surface area contributed by atoms with Crippen molar-refractivity contribution in [1.29, 1.82) is 0 Å². The Morgan fingerprint density at radius 1 is 1.10 bits per heavy atom. The van der Waals surface area contributed by atoms with Gasteiger partial charge in [-0.25, -0.2) is 4.39 Å². The number of carbonyl (C=O) groups is 2. The number of nitrogens with zero attached hydrogens (tertiary/aromatic N) is 1. The number of halogens is 2. The summed E-state index contributed by atoms with van der Waals surface area (Å²) in [5.74, 6) is -0.295. The third kappa shape index (κ3) is 7.16. The lowest BCUT2D eigenvalue weighted by molar-refractivity contribution is -0.142. The molecule has 0 fully saturated rings. The minimum atomic E-state index is -0.769. The van der Waals surface area contributed by atoms with E-state index in [1.807, 2.05) is 13.8 Å². The van der Waals surface area contributed by atoms with Gasteiger partial charge in [-0.1, -0.05) is 48.0 Å². The summed E-state index contributed by atoms with van der Waals surface area (Å²) in [7, 11) is 0. The summed E-state index contributed by atoms with van der Waals surface area (Å²) in [5, 5.41) is 2.83. The Morgan fingerprint density at radius 3 is 2.38 bits per heavy atom. The van der Waals surface area contributed by atoms with E-state index in [-0.39, 0.29) is 25.0 Å². The summed E-state index contributed by atoms with van der Waals surface area (Å²) in [4.78, 5) is 26.7. The Bertz CT molecular complexity index is 827. The number of benzene rings is 2. The van der Waals surface area contributed by atoms with Gasteiger partial charge in [0.05, 0.1) is 0 Å². The molecule has 2 aromatic rings. The van der Waals surface area contributed by atoms with Gasteiger partial charge in [0.1, 0.15) is 17.6 Å². The normalized spacial score (nSPS) is 11.8. The molecule has 2 aromatic carbocycles. The molecular weight excluding hydrogens is 439 g/mol. The van der Waals surface area contributed by atoms with Crippen molar-refractivity contribution >= 4 is 27.7 Å². The van der Waals surface area contributed by atoms with Gasteiger partial charge in [-0.2, -0.15) is 0 Å². The average Bonchev–Trinajstić information content (AvgIpc) is 2.70. The summed E-state index contributed by atoms with van der Waals surface area (Å²) < 4.78 is 20.6. The first-order valence-electron chi connectivity index (χ1n) is 9.47. The van der Waals surface area contributed by atoms with Crippen molar-refractivity contribution in [1.82, 2.24) is 10.2 Å². The number of hydrogen-bond acceptors (Lipinski definition) is 3. The first-order chi connectivity index (χ1) is 13.8. The van der Waals surface area contributed by atoms with Crippen molar-refractivity contribution in [3.05, 3.63) is 64.4 Å². The van der Waals surface area contributed by atoms with E-state index in [4.69, 9.17) is 4.74 Å². The molecule has 1 N–H and O–H groups in total. The maximum absolute atomic E-state index is 14.1. The molecule has 0 aliphatic carbocycles. The first-order valence-corrected chi connectivity index (χ1v) is 10.3. The highest BCUT2D eigenvalue weighted by Crippen LogP contribution is 2.17. The van der Waals surface area contributed by atoms with Crippen LogP contribution in [0.2, 0.25) is 0 Å². The summed E-state index contributed by atoms with van der Waals surface area (Å²) >= 11 is 3.34. The molecule has 2 rings (SSSR count). The molecule has 0 saturated carbocycles. The molecule has 29 heavy (non-hydrogen) atoms. The van der Waals surface area contributed by atoms with Crippen molar-refractivity contribution in [2.45, 2.75) is 33.4 Å². The Morgan fingerprint density at radius 2 is 1.76 bits per heavy atom. The van der Waals surface area contributed by atoms with Crippen LogP contribution in [-0.4, -0.2) is 35.9 Å². The predicted octanol–water partition coefficient (Wildman–Crippen LogP) is 4.16. The monoisotopic (exact) mass is 464 g/mol. The fourth-order valence-electron chi connectivity index (χ4n) is 2.60. The van der Waals surface area contributed by atoms with E-state index in [1.165, 1.54) is 11.0 Å². The van der Waals surface area contributed by atoms with Gasteiger partial charge in [-0.3, -0.25) is 9.59 Å². The van der Waals surface area contributed by atoms with Crippen molar-refractivity contribution in [3.63, 3.8) is 0 Å². The Kier molecular flexibility index (Phi) is 8.64. The molecule has 0 radical (unpaired) electrons. The fraction of sp³-hybridized carbons (Fsp3) is 0.364. The molecule has 0 aliphatic heterocycles. The Balaban J connectivity index is 2.13. The third-order valence-electron chi connectivity index (χ3n) is 4.33. The lowest BCUT2D eigenvalue weighted by Crippen LogP contribution is -2.49. The maximum Gasteiger partial charge on any atom is 0.261 e. The molecule has 0 heterocycles. The lowest BCUT2D eigenvalue weighted by Gasteiger charge is -2.29. The highest BCUT2D eigenvalue weighted by Gasteiger charge is 2.27. The molecule has 0 saturated heterocycles. The second-order valence-corrected chi connectivity index (χ2v) is 8.09. The van der Waals surface area contributed by atoms with Crippen LogP contribution in [0.5, 0.6) is 5.75 Å². The maximum atomic E-state index is 14.1. The third-order valence-corrected chi connectivity index (χ3v) is 4.85. The smallest absolute Gasteiger partial charge is 0.261 e. The summed E-state index contributed by atoms with van der Waals surface area (Å²) in [6, 6.07) is 12.5. The van der Waals surface area contributed by atoms with E-state index in [0.29, 0.717) is 17.9 Å². The van der Waals surface area contributed by atoms with Gasteiger partial charge in [0.15, 0.2) is 6.61 Å². The van der Waals surface area contributed by atoms with E-state index in [2.05, 4.69) is 21.2 Å².